The predicted molar refractivity (Wildman–Crippen MR) is 126 cm³/mol. The number of benzene rings is 3. The highest BCUT2D eigenvalue weighted by molar-refractivity contribution is 8.00. The molecule has 0 atom stereocenters. The molecular weight excluding hydrogens is 466 g/mol. The van der Waals surface area contributed by atoms with E-state index >= 15 is 0 Å². The molecule has 0 saturated carbocycles. The minimum absolute atomic E-state index is 0.0875. The Morgan fingerprint density at radius 3 is 2.66 bits per heavy atom. The van der Waals surface area contributed by atoms with Crippen LogP contribution in [0.5, 0.6) is 5.75 Å². The first-order valence-corrected chi connectivity index (χ1v) is 11.8. The second kappa shape index (κ2) is 8.85. The van der Waals surface area contributed by atoms with Crippen molar-refractivity contribution in [3.63, 3.8) is 0 Å². The molecule has 4 aromatic rings. The molecule has 0 saturated heterocycles. The topological polar surface area (TPSA) is 73.1 Å². The molecule has 2 heterocycles. The number of methoxy groups -OCH3 is 1. The molecule has 1 aliphatic heterocycles. The number of hydrogen-bond acceptors (Lipinski definition) is 7. The summed E-state index contributed by atoms with van der Waals surface area (Å²) in [6.45, 7) is 0. The van der Waals surface area contributed by atoms with Crippen LogP contribution >= 0.6 is 35.1 Å². The fraction of sp³-hybridized carbons (Fsp3) is 0.0909. The summed E-state index contributed by atoms with van der Waals surface area (Å²) < 4.78 is 6.80. The normalized spacial score (nSPS) is 12.2. The third kappa shape index (κ3) is 3.94. The van der Waals surface area contributed by atoms with Crippen molar-refractivity contribution in [1.29, 1.82) is 0 Å². The summed E-state index contributed by atoms with van der Waals surface area (Å²) in [6.07, 6.45) is 0. The van der Waals surface area contributed by atoms with Gasteiger partial charge in [0.25, 0.3) is 0 Å². The van der Waals surface area contributed by atoms with E-state index in [1.165, 1.54) is 11.8 Å². The number of fused-ring (bicyclic) bond motifs is 2. The molecule has 7 nitrogen and oxygen atoms in total. The van der Waals surface area contributed by atoms with Crippen molar-refractivity contribution in [1.82, 2.24) is 20.2 Å². The van der Waals surface area contributed by atoms with Gasteiger partial charge in [-0.05, 0) is 65.0 Å². The van der Waals surface area contributed by atoms with Gasteiger partial charge in [0.05, 0.1) is 29.9 Å². The van der Waals surface area contributed by atoms with Crippen LogP contribution in [0, 0.1) is 0 Å². The van der Waals surface area contributed by atoms with Crippen molar-refractivity contribution in [3.05, 3.63) is 71.8 Å². The molecule has 1 aromatic heterocycles. The molecule has 3 aromatic carbocycles. The summed E-state index contributed by atoms with van der Waals surface area (Å²) in [4.78, 5) is 17.1. The lowest BCUT2D eigenvalue weighted by Gasteiger charge is -2.31. The first-order chi connectivity index (χ1) is 15.6. The molecule has 0 spiro atoms. The highest BCUT2D eigenvalue weighted by Gasteiger charge is 2.28. The number of halogens is 1. The van der Waals surface area contributed by atoms with Crippen LogP contribution in [0.3, 0.4) is 0 Å². The van der Waals surface area contributed by atoms with Crippen molar-refractivity contribution >= 4 is 52.4 Å². The van der Waals surface area contributed by atoms with E-state index in [-0.39, 0.29) is 11.7 Å². The minimum atomic E-state index is -0.0875. The van der Waals surface area contributed by atoms with E-state index in [0.717, 1.165) is 32.6 Å². The number of aromatic nitrogens is 4. The van der Waals surface area contributed by atoms with Crippen molar-refractivity contribution in [3.8, 4) is 11.4 Å². The maximum atomic E-state index is 13.4. The van der Waals surface area contributed by atoms with Crippen molar-refractivity contribution in [2.24, 2.45) is 0 Å². The van der Waals surface area contributed by atoms with Gasteiger partial charge in [0.15, 0.2) is 0 Å². The lowest BCUT2D eigenvalue weighted by atomic mass is 10.2. The van der Waals surface area contributed by atoms with E-state index in [0.29, 0.717) is 10.2 Å². The molecule has 0 fully saturated rings. The highest BCUT2D eigenvalue weighted by atomic mass is 35.5. The lowest BCUT2D eigenvalue weighted by molar-refractivity contribution is -0.115. The number of hydrogen-bond donors (Lipinski definition) is 0. The number of para-hydroxylation sites is 1. The van der Waals surface area contributed by atoms with Gasteiger partial charge in [-0.2, -0.15) is 4.68 Å². The first-order valence-electron chi connectivity index (χ1n) is 9.59. The number of thioether (sulfide) groups is 1. The minimum Gasteiger partial charge on any atom is -0.497 e. The number of ether oxygens (including phenoxy) is 1. The van der Waals surface area contributed by atoms with E-state index in [1.807, 2.05) is 66.7 Å². The van der Waals surface area contributed by atoms with Gasteiger partial charge in [-0.3, -0.25) is 9.69 Å². The van der Waals surface area contributed by atoms with Crippen molar-refractivity contribution in [2.45, 2.75) is 14.9 Å². The number of nitrogens with zero attached hydrogens (tertiary/aromatic N) is 5. The molecule has 1 aliphatic rings. The zero-order valence-corrected chi connectivity index (χ0v) is 19.2. The number of carbonyl (C=O) groups excluding carboxylic acids is 1. The molecule has 5 rings (SSSR count). The number of amides is 1. The quantitative estimate of drug-likeness (QED) is 0.360. The standard InChI is InChI=1S/C22H16ClN5O2S2/c1-30-16-9-7-15(8-10-16)28-22(24-25-26-28)31-13-21(29)27-17-4-2-3-5-19(17)32-20-11-6-14(23)12-18(20)27/h2-12H,13H2,1H3. The van der Waals surface area contributed by atoms with E-state index in [4.69, 9.17) is 16.3 Å². The predicted octanol–water partition coefficient (Wildman–Crippen LogP) is 5.25. The van der Waals surface area contributed by atoms with Gasteiger partial charge in [0.1, 0.15) is 5.75 Å². The fourth-order valence-electron chi connectivity index (χ4n) is 3.34. The van der Waals surface area contributed by atoms with Gasteiger partial charge >= 0.3 is 0 Å². The number of carbonyl (C=O) groups is 1. The Balaban J connectivity index is 1.41. The van der Waals surface area contributed by atoms with Crippen LogP contribution in [0.2, 0.25) is 5.02 Å². The zero-order chi connectivity index (χ0) is 22.1. The fourth-order valence-corrected chi connectivity index (χ4v) is 5.29. The molecule has 32 heavy (non-hydrogen) atoms. The molecule has 0 aliphatic carbocycles. The highest BCUT2D eigenvalue weighted by Crippen LogP contribution is 2.49. The number of tetrazole rings is 1. The molecule has 0 bridgehead atoms. The summed E-state index contributed by atoms with van der Waals surface area (Å²) in [5, 5.41) is 13.0. The second-order valence-electron chi connectivity index (χ2n) is 6.77. The molecule has 1 amide bonds. The maximum Gasteiger partial charge on any atom is 0.242 e. The third-order valence-corrected chi connectivity index (χ3v) is 7.09. The summed E-state index contributed by atoms with van der Waals surface area (Å²) in [6, 6.07) is 20.8. The summed E-state index contributed by atoms with van der Waals surface area (Å²) in [7, 11) is 1.61. The Morgan fingerprint density at radius 2 is 1.84 bits per heavy atom. The van der Waals surface area contributed by atoms with Crippen LogP contribution in [0.1, 0.15) is 0 Å². The average Bonchev–Trinajstić information content (AvgIpc) is 3.30. The molecular formula is C22H16ClN5O2S2. The number of anilines is 2. The van der Waals surface area contributed by atoms with Gasteiger partial charge in [-0.1, -0.05) is 47.3 Å². The van der Waals surface area contributed by atoms with Gasteiger partial charge < -0.3 is 4.74 Å². The van der Waals surface area contributed by atoms with E-state index in [9.17, 15) is 4.79 Å². The first kappa shape index (κ1) is 20.9. The Hall–Kier alpha value is -3.01. The zero-order valence-electron chi connectivity index (χ0n) is 16.8. The van der Waals surface area contributed by atoms with Crippen LogP contribution in [0.25, 0.3) is 5.69 Å². The Morgan fingerprint density at radius 1 is 1.06 bits per heavy atom. The smallest absolute Gasteiger partial charge is 0.242 e. The molecule has 0 unspecified atom stereocenters. The van der Waals surface area contributed by atoms with Gasteiger partial charge in [0.2, 0.25) is 11.1 Å². The Labute approximate surface area is 197 Å². The Bertz CT molecular complexity index is 1300. The van der Waals surface area contributed by atoms with Crippen LogP contribution in [-0.4, -0.2) is 39.0 Å². The number of rotatable bonds is 5. The van der Waals surface area contributed by atoms with Gasteiger partial charge in [-0.15, -0.1) is 5.10 Å². The largest absolute Gasteiger partial charge is 0.497 e. The van der Waals surface area contributed by atoms with Crippen LogP contribution in [0.15, 0.2) is 81.7 Å². The lowest BCUT2D eigenvalue weighted by Crippen LogP contribution is -2.30. The second-order valence-corrected chi connectivity index (χ2v) is 9.23. The van der Waals surface area contributed by atoms with E-state index in [2.05, 4.69) is 15.5 Å². The average molecular weight is 482 g/mol. The molecule has 10 heteroatoms. The van der Waals surface area contributed by atoms with Crippen molar-refractivity contribution in [2.75, 3.05) is 17.8 Å². The van der Waals surface area contributed by atoms with E-state index in [1.54, 1.807) is 28.5 Å². The summed E-state index contributed by atoms with van der Waals surface area (Å²) in [5.41, 5.74) is 2.40. The molecule has 160 valence electrons. The summed E-state index contributed by atoms with van der Waals surface area (Å²) >= 11 is 9.15. The van der Waals surface area contributed by atoms with Gasteiger partial charge in [-0.25, -0.2) is 0 Å². The van der Waals surface area contributed by atoms with Crippen LogP contribution in [-0.2, 0) is 4.79 Å². The SMILES string of the molecule is COc1ccc(-n2nnnc2SCC(=O)N2c3ccccc3Sc3ccc(Cl)cc32)cc1. The Kier molecular flexibility index (Phi) is 5.77. The third-order valence-electron chi connectivity index (χ3n) is 4.82. The van der Waals surface area contributed by atoms with Crippen LogP contribution < -0.4 is 9.64 Å². The monoisotopic (exact) mass is 481 g/mol. The maximum absolute atomic E-state index is 13.4. The van der Waals surface area contributed by atoms with Crippen LogP contribution in [0.4, 0.5) is 11.4 Å². The summed E-state index contributed by atoms with van der Waals surface area (Å²) in [5.74, 6) is 0.808. The van der Waals surface area contributed by atoms with Gasteiger partial charge in [0, 0.05) is 14.8 Å². The molecule has 0 radical (unpaired) electrons. The van der Waals surface area contributed by atoms with Crippen molar-refractivity contribution < 1.29 is 9.53 Å². The van der Waals surface area contributed by atoms with E-state index < -0.39 is 0 Å². The molecule has 0 N–H and O–H groups in total.